The van der Waals surface area contributed by atoms with Crippen molar-refractivity contribution < 1.29 is 0 Å². The summed E-state index contributed by atoms with van der Waals surface area (Å²) in [5.74, 6) is 0.486. The number of fused-ring (bicyclic) bond motifs is 1. The molecule has 1 aliphatic carbocycles. The zero-order valence-corrected chi connectivity index (χ0v) is 22.4. The van der Waals surface area contributed by atoms with Gasteiger partial charge in [0.25, 0.3) is 0 Å². The standard InChI is InChI=1S/C13H17N.C8H11N.4C2H6/c1-9-12(10(2)14)8-7-11-5-3-4-6-13(9)11;1-7(9)8-5-3-2-4-6-8;4*1-2/h3-6,8-10H,7,14H2,1-2H3;2-7H,9H2,1H3;4*1-2H3. The van der Waals surface area contributed by atoms with Gasteiger partial charge in [-0.25, -0.2) is 0 Å². The zero-order valence-electron chi connectivity index (χ0n) is 22.4. The molecule has 3 rings (SSSR count). The molecule has 3 atom stereocenters. The number of hydrogen-bond donors (Lipinski definition) is 2. The largest absolute Gasteiger partial charge is 0.324 e. The molecule has 2 heteroatoms. The molecule has 1 aliphatic rings. The van der Waals surface area contributed by atoms with Crippen LogP contribution in [-0.4, -0.2) is 6.04 Å². The van der Waals surface area contributed by atoms with E-state index in [2.05, 4.69) is 44.2 Å². The molecule has 4 N–H and O–H groups in total. The van der Waals surface area contributed by atoms with E-state index in [1.165, 1.54) is 22.3 Å². The minimum absolute atomic E-state index is 0.159. The van der Waals surface area contributed by atoms with E-state index < -0.39 is 0 Å². The summed E-state index contributed by atoms with van der Waals surface area (Å²) < 4.78 is 0. The van der Waals surface area contributed by atoms with Crippen molar-refractivity contribution in [3.8, 4) is 0 Å². The van der Waals surface area contributed by atoms with Gasteiger partial charge in [-0.15, -0.1) is 0 Å². The normalized spacial score (nSPS) is 14.7. The molecule has 2 nitrogen and oxygen atoms in total. The highest BCUT2D eigenvalue weighted by Gasteiger charge is 2.20. The average molecular weight is 429 g/mol. The van der Waals surface area contributed by atoms with Crippen LogP contribution >= 0.6 is 0 Å². The van der Waals surface area contributed by atoms with E-state index in [1.807, 2.05) is 92.6 Å². The van der Waals surface area contributed by atoms with Gasteiger partial charge in [-0.05, 0) is 37.0 Å². The minimum Gasteiger partial charge on any atom is -0.324 e. The van der Waals surface area contributed by atoms with Crippen LogP contribution < -0.4 is 11.5 Å². The van der Waals surface area contributed by atoms with Crippen LogP contribution in [0.2, 0.25) is 0 Å². The maximum atomic E-state index is 5.95. The fourth-order valence-electron chi connectivity index (χ4n) is 3.06. The summed E-state index contributed by atoms with van der Waals surface area (Å²) in [4.78, 5) is 0. The number of allylic oxidation sites excluding steroid dienone is 1. The van der Waals surface area contributed by atoms with Crippen molar-refractivity contribution in [2.45, 2.75) is 101 Å². The maximum absolute atomic E-state index is 5.95. The van der Waals surface area contributed by atoms with Crippen LogP contribution in [0, 0.1) is 0 Å². The van der Waals surface area contributed by atoms with E-state index in [0.29, 0.717) is 5.92 Å². The third-order valence-corrected chi connectivity index (χ3v) is 4.43. The van der Waals surface area contributed by atoms with Crippen molar-refractivity contribution in [3.05, 3.63) is 82.9 Å². The fourth-order valence-corrected chi connectivity index (χ4v) is 3.06. The molecule has 0 saturated heterocycles. The van der Waals surface area contributed by atoms with Crippen molar-refractivity contribution in [3.63, 3.8) is 0 Å². The number of hydrogen-bond acceptors (Lipinski definition) is 2. The van der Waals surface area contributed by atoms with Gasteiger partial charge in [0.15, 0.2) is 0 Å². The topological polar surface area (TPSA) is 52.0 Å². The molecule has 0 fully saturated rings. The van der Waals surface area contributed by atoms with Crippen molar-refractivity contribution in [1.82, 2.24) is 0 Å². The van der Waals surface area contributed by atoms with Crippen molar-refractivity contribution in [2.75, 3.05) is 0 Å². The quantitative estimate of drug-likeness (QED) is 0.471. The third kappa shape index (κ3) is 13.2. The lowest BCUT2D eigenvalue weighted by molar-refractivity contribution is 0.721. The zero-order chi connectivity index (χ0) is 24.8. The average Bonchev–Trinajstić information content (AvgIpc) is 2.85. The van der Waals surface area contributed by atoms with Crippen LogP contribution in [0.25, 0.3) is 0 Å². The van der Waals surface area contributed by atoms with Crippen LogP contribution in [0.15, 0.2) is 66.2 Å². The third-order valence-electron chi connectivity index (χ3n) is 4.43. The summed E-state index contributed by atoms with van der Waals surface area (Å²) in [6.07, 6.45) is 3.33. The predicted octanol–water partition coefficient (Wildman–Crippen LogP) is 8.43. The first-order valence-corrected chi connectivity index (χ1v) is 12.3. The SMILES string of the molecule is CC.CC.CC.CC.CC(N)C1=CCc2ccccc2C1C.CC(N)c1ccccc1. The lowest BCUT2D eigenvalue weighted by atomic mass is 9.81. The smallest absolute Gasteiger partial charge is 0.0266 e. The molecule has 0 heterocycles. The molecule has 0 spiro atoms. The van der Waals surface area contributed by atoms with E-state index in [0.717, 1.165) is 6.42 Å². The van der Waals surface area contributed by atoms with Gasteiger partial charge in [0.1, 0.15) is 0 Å². The summed E-state index contributed by atoms with van der Waals surface area (Å²) in [6, 6.07) is 19.0. The summed E-state index contributed by atoms with van der Waals surface area (Å²) in [6.45, 7) is 22.3. The number of benzene rings is 2. The Balaban J connectivity index is -0.000000400. The Morgan fingerprint density at radius 2 is 1.13 bits per heavy atom. The van der Waals surface area contributed by atoms with E-state index in [9.17, 15) is 0 Å². The summed E-state index contributed by atoms with van der Waals surface area (Å²) >= 11 is 0. The monoisotopic (exact) mass is 428 g/mol. The van der Waals surface area contributed by atoms with Crippen LogP contribution in [0.5, 0.6) is 0 Å². The van der Waals surface area contributed by atoms with Gasteiger partial charge in [-0.3, -0.25) is 0 Å². The first-order valence-electron chi connectivity index (χ1n) is 12.3. The summed E-state index contributed by atoms with van der Waals surface area (Å²) in [7, 11) is 0. The Morgan fingerprint density at radius 3 is 1.55 bits per heavy atom. The Hall–Kier alpha value is -1.90. The minimum atomic E-state index is 0.159. The van der Waals surface area contributed by atoms with Crippen molar-refractivity contribution in [2.24, 2.45) is 11.5 Å². The molecule has 3 unspecified atom stereocenters. The molecule has 31 heavy (non-hydrogen) atoms. The van der Waals surface area contributed by atoms with Gasteiger partial charge in [0.05, 0.1) is 0 Å². The second kappa shape index (κ2) is 22.8. The van der Waals surface area contributed by atoms with Gasteiger partial charge in [-0.2, -0.15) is 0 Å². The molecular weight excluding hydrogens is 376 g/mol. The van der Waals surface area contributed by atoms with Gasteiger partial charge in [0.2, 0.25) is 0 Å². The lowest BCUT2D eigenvalue weighted by Gasteiger charge is -2.26. The molecule has 0 bridgehead atoms. The lowest BCUT2D eigenvalue weighted by Crippen LogP contribution is -2.24. The summed E-state index contributed by atoms with van der Waals surface area (Å²) in [5.41, 5.74) is 17.0. The number of rotatable bonds is 2. The fraction of sp³-hybridized carbons (Fsp3) is 0.517. The predicted molar refractivity (Wildman–Crippen MR) is 145 cm³/mol. The molecule has 0 aliphatic heterocycles. The second-order valence-electron chi connectivity index (χ2n) is 6.32. The maximum Gasteiger partial charge on any atom is 0.0266 e. The Bertz CT molecular complexity index is 643. The highest BCUT2D eigenvalue weighted by Crippen LogP contribution is 2.32. The van der Waals surface area contributed by atoms with Gasteiger partial charge in [0, 0.05) is 18.0 Å². The highest BCUT2D eigenvalue weighted by molar-refractivity contribution is 5.42. The molecule has 2 aromatic carbocycles. The van der Waals surface area contributed by atoms with E-state index in [1.54, 1.807) is 0 Å². The van der Waals surface area contributed by atoms with Crippen LogP contribution in [0.1, 0.15) is 105 Å². The van der Waals surface area contributed by atoms with Crippen molar-refractivity contribution >= 4 is 0 Å². The molecule has 0 saturated carbocycles. The van der Waals surface area contributed by atoms with Gasteiger partial charge < -0.3 is 11.5 Å². The molecule has 0 aromatic heterocycles. The molecule has 0 radical (unpaired) electrons. The first kappa shape index (κ1) is 33.7. The molecule has 178 valence electrons. The highest BCUT2D eigenvalue weighted by atomic mass is 14.6. The number of nitrogens with two attached hydrogens (primary N) is 2. The van der Waals surface area contributed by atoms with Crippen LogP contribution in [0.4, 0.5) is 0 Å². The van der Waals surface area contributed by atoms with Gasteiger partial charge >= 0.3 is 0 Å². The van der Waals surface area contributed by atoms with Crippen LogP contribution in [-0.2, 0) is 6.42 Å². The summed E-state index contributed by atoms with van der Waals surface area (Å²) in [5, 5.41) is 0. The van der Waals surface area contributed by atoms with Crippen LogP contribution in [0.3, 0.4) is 0 Å². The molecular formula is C29H52N2. The first-order chi connectivity index (χ1) is 15.0. The second-order valence-corrected chi connectivity index (χ2v) is 6.32. The Morgan fingerprint density at radius 1 is 0.677 bits per heavy atom. The Kier molecular flexibility index (Phi) is 24.8. The van der Waals surface area contributed by atoms with E-state index >= 15 is 0 Å². The van der Waals surface area contributed by atoms with Gasteiger partial charge in [-0.1, -0.05) is 129 Å². The molecule has 2 aromatic rings. The van der Waals surface area contributed by atoms with E-state index in [-0.39, 0.29) is 12.1 Å². The Labute approximate surface area is 195 Å². The van der Waals surface area contributed by atoms with E-state index in [4.69, 9.17) is 11.5 Å². The molecule has 0 amide bonds. The van der Waals surface area contributed by atoms with Crippen molar-refractivity contribution in [1.29, 1.82) is 0 Å².